The lowest BCUT2D eigenvalue weighted by Crippen LogP contribution is -2.06. The number of nitrogens with two attached hydrogens (primary N) is 1. The molecule has 2 aromatic rings. The molecule has 2 heterocycles. The van der Waals surface area contributed by atoms with Crippen LogP contribution in [0.2, 0.25) is 0 Å². The third-order valence-electron chi connectivity index (χ3n) is 2.38. The molecule has 0 bridgehead atoms. The number of rotatable bonds is 2. The summed E-state index contributed by atoms with van der Waals surface area (Å²) in [6.45, 7) is 1.95. The molecule has 0 aromatic carbocycles. The zero-order valence-electron chi connectivity index (χ0n) is 8.96. The molecule has 0 saturated heterocycles. The fraction of sp³-hybridized carbons (Fsp3) is 0.167. The van der Waals surface area contributed by atoms with Gasteiger partial charge in [0.15, 0.2) is 0 Å². The van der Waals surface area contributed by atoms with E-state index in [1.807, 2.05) is 19.1 Å². The van der Waals surface area contributed by atoms with Gasteiger partial charge in [0.2, 0.25) is 0 Å². The van der Waals surface area contributed by atoms with E-state index in [9.17, 15) is 5.11 Å². The molecule has 0 aliphatic heterocycles. The van der Waals surface area contributed by atoms with Gasteiger partial charge >= 0.3 is 0 Å². The zero-order chi connectivity index (χ0) is 11.5. The van der Waals surface area contributed by atoms with Crippen LogP contribution in [0, 0.1) is 6.92 Å². The van der Waals surface area contributed by atoms with E-state index in [2.05, 4.69) is 9.97 Å². The molecule has 82 valence electrons. The number of hydrogen-bond donors (Lipinski definition) is 2. The van der Waals surface area contributed by atoms with E-state index in [0.717, 1.165) is 5.56 Å². The van der Waals surface area contributed by atoms with Crippen LogP contribution in [0.3, 0.4) is 0 Å². The van der Waals surface area contributed by atoms with Crippen LogP contribution in [-0.2, 0) is 0 Å². The van der Waals surface area contributed by atoms with E-state index in [4.69, 9.17) is 5.73 Å². The first-order valence-corrected chi connectivity index (χ1v) is 4.99. The van der Waals surface area contributed by atoms with E-state index in [-0.39, 0.29) is 0 Å². The first-order chi connectivity index (χ1) is 7.68. The standard InChI is InChI=1S/C12H13N3O/c1-8-4-6-14-10(7-8)11(16)9-3-2-5-15-12(9)13/h2-7,11,16H,1H3,(H2,13,15). The number of hydrogen-bond acceptors (Lipinski definition) is 4. The fourth-order valence-electron chi connectivity index (χ4n) is 1.53. The number of aliphatic hydroxyl groups excluding tert-OH is 1. The maximum absolute atomic E-state index is 10.1. The number of aryl methyl sites for hydroxylation is 1. The minimum atomic E-state index is -0.825. The lowest BCUT2D eigenvalue weighted by Gasteiger charge is -2.12. The van der Waals surface area contributed by atoms with Gasteiger partial charge in [0.05, 0.1) is 5.69 Å². The normalized spacial score (nSPS) is 12.4. The second-order valence-electron chi connectivity index (χ2n) is 3.64. The van der Waals surface area contributed by atoms with Gasteiger partial charge in [0, 0.05) is 18.0 Å². The summed E-state index contributed by atoms with van der Waals surface area (Å²) < 4.78 is 0. The Bertz CT molecular complexity index is 499. The van der Waals surface area contributed by atoms with Crippen LogP contribution in [-0.4, -0.2) is 15.1 Å². The van der Waals surface area contributed by atoms with Gasteiger partial charge in [-0.2, -0.15) is 0 Å². The Hall–Kier alpha value is -1.94. The van der Waals surface area contributed by atoms with Gasteiger partial charge in [-0.1, -0.05) is 6.07 Å². The molecule has 0 aliphatic rings. The molecule has 1 atom stereocenters. The van der Waals surface area contributed by atoms with Crippen molar-refractivity contribution in [3.63, 3.8) is 0 Å². The minimum Gasteiger partial charge on any atom is -0.383 e. The second kappa shape index (κ2) is 4.28. The maximum Gasteiger partial charge on any atom is 0.129 e. The lowest BCUT2D eigenvalue weighted by atomic mass is 10.1. The molecule has 16 heavy (non-hydrogen) atoms. The first kappa shape index (κ1) is 10.6. The van der Waals surface area contributed by atoms with Gasteiger partial charge < -0.3 is 10.8 Å². The molecular weight excluding hydrogens is 202 g/mol. The Morgan fingerprint density at radius 1 is 1.25 bits per heavy atom. The van der Waals surface area contributed by atoms with Crippen LogP contribution in [0.15, 0.2) is 36.7 Å². The van der Waals surface area contributed by atoms with Gasteiger partial charge in [0.1, 0.15) is 11.9 Å². The Labute approximate surface area is 93.8 Å². The van der Waals surface area contributed by atoms with Crippen LogP contribution in [0.4, 0.5) is 5.82 Å². The number of nitrogen functional groups attached to an aromatic ring is 1. The lowest BCUT2D eigenvalue weighted by molar-refractivity contribution is 0.215. The number of pyridine rings is 2. The van der Waals surface area contributed by atoms with Crippen molar-refractivity contribution in [3.8, 4) is 0 Å². The molecule has 2 rings (SSSR count). The van der Waals surface area contributed by atoms with Gasteiger partial charge in [-0.25, -0.2) is 4.98 Å². The van der Waals surface area contributed by atoms with Crippen molar-refractivity contribution in [2.75, 3.05) is 5.73 Å². The van der Waals surface area contributed by atoms with Gasteiger partial charge in [0.25, 0.3) is 0 Å². The maximum atomic E-state index is 10.1. The number of aromatic nitrogens is 2. The van der Waals surface area contributed by atoms with Crippen molar-refractivity contribution in [3.05, 3.63) is 53.5 Å². The molecule has 3 N–H and O–H groups in total. The highest BCUT2D eigenvalue weighted by molar-refractivity contribution is 5.43. The highest BCUT2D eigenvalue weighted by Crippen LogP contribution is 2.23. The van der Waals surface area contributed by atoms with Crippen LogP contribution in [0.5, 0.6) is 0 Å². The van der Waals surface area contributed by atoms with Gasteiger partial charge in [-0.15, -0.1) is 0 Å². The highest BCUT2D eigenvalue weighted by atomic mass is 16.3. The summed E-state index contributed by atoms with van der Waals surface area (Å²) in [5.41, 5.74) is 7.91. The summed E-state index contributed by atoms with van der Waals surface area (Å²) in [6, 6.07) is 7.20. The Kier molecular flexibility index (Phi) is 2.83. The molecule has 4 nitrogen and oxygen atoms in total. The third kappa shape index (κ3) is 2.01. The average molecular weight is 215 g/mol. The molecule has 1 unspecified atom stereocenters. The van der Waals surface area contributed by atoms with Crippen LogP contribution in [0.1, 0.15) is 22.9 Å². The first-order valence-electron chi connectivity index (χ1n) is 4.99. The minimum absolute atomic E-state index is 0.332. The molecule has 0 amide bonds. The second-order valence-corrected chi connectivity index (χ2v) is 3.64. The Morgan fingerprint density at radius 2 is 2.06 bits per heavy atom. The molecule has 0 saturated carbocycles. The predicted octanol–water partition coefficient (Wildman–Crippen LogP) is 1.45. The van der Waals surface area contributed by atoms with Crippen molar-refractivity contribution in [2.45, 2.75) is 13.0 Å². The van der Waals surface area contributed by atoms with Gasteiger partial charge in [-0.3, -0.25) is 4.98 Å². The van der Waals surface area contributed by atoms with Crippen molar-refractivity contribution >= 4 is 5.82 Å². The predicted molar refractivity (Wildman–Crippen MR) is 61.7 cm³/mol. The van der Waals surface area contributed by atoms with Crippen molar-refractivity contribution in [2.24, 2.45) is 0 Å². The van der Waals surface area contributed by atoms with E-state index in [0.29, 0.717) is 17.1 Å². The zero-order valence-corrected chi connectivity index (χ0v) is 8.96. The topological polar surface area (TPSA) is 72.0 Å². The van der Waals surface area contributed by atoms with Crippen LogP contribution < -0.4 is 5.73 Å². The summed E-state index contributed by atoms with van der Waals surface area (Å²) in [6.07, 6.45) is 2.43. The molecule has 0 radical (unpaired) electrons. The molecule has 4 heteroatoms. The summed E-state index contributed by atoms with van der Waals surface area (Å²) in [5, 5.41) is 10.1. The summed E-state index contributed by atoms with van der Waals surface area (Å²) in [4.78, 5) is 8.06. The van der Waals surface area contributed by atoms with E-state index >= 15 is 0 Å². The number of anilines is 1. The Balaban J connectivity index is 2.39. The smallest absolute Gasteiger partial charge is 0.129 e. The molecule has 0 aliphatic carbocycles. The van der Waals surface area contributed by atoms with Gasteiger partial charge in [-0.05, 0) is 30.7 Å². The SMILES string of the molecule is Cc1ccnc(C(O)c2cccnc2N)c1. The van der Waals surface area contributed by atoms with Crippen LogP contribution >= 0.6 is 0 Å². The molecule has 0 spiro atoms. The molecular formula is C12H13N3O. The van der Waals surface area contributed by atoms with E-state index < -0.39 is 6.10 Å². The summed E-state index contributed by atoms with van der Waals surface area (Å²) in [7, 11) is 0. The van der Waals surface area contributed by atoms with Crippen molar-refractivity contribution in [1.82, 2.24) is 9.97 Å². The molecule has 2 aromatic heterocycles. The van der Waals surface area contributed by atoms with E-state index in [1.165, 1.54) is 0 Å². The van der Waals surface area contributed by atoms with E-state index in [1.54, 1.807) is 24.5 Å². The van der Waals surface area contributed by atoms with Crippen molar-refractivity contribution < 1.29 is 5.11 Å². The van der Waals surface area contributed by atoms with Crippen molar-refractivity contribution in [1.29, 1.82) is 0 Å². The molecule has 0 fully saturated rings. The number of aliphatic hydroxyl groups is 1. The van der Waals surface area contributed by atoms with Crippen LogP contribution in [0.25, 0.3) is 0 Å². The monoisotopic (exact) mass is 215 g/mol. The number of nitrogens with zero attached hydrogens (tertiary/aromatic N) is 2. The highest BCUT2D eigenvalue weighted by Gasteiger charge is 2.14. The summed E-state index contributed by atoms with van der Waals surface area (Å²) in [5.74, 6) is 0.332. The average Bonchev–Trinajstić information content (AvgIpc) is 2.29. The largest absolute Gasteiger partial charge is 0.383 e. The Morgan fingerprint density at radius 3 is 2.75 bits per heavy atom. The quantitative estimate of drug-likeness (QED) is 0.795. The fourth-order valence-corrected chi connectivity index (χ4v) is 1.53. The summed E-state index contributed by atoms with van der Waals surface area (Å²) >= 11 is 0. The third-order valence-corrected chi connectivity index (χ3v) is 2.38.